The molecule has 0 fully saturated rings. The van der Waals surface area contributed by atoms with Crippen LogP contribution in [0, 0.1) is 0 Å². The molecule has 3 rings (SSSR count). The molecule has 32 heavy (non-hydrogen) atoms. The van der Waals surface area contributed by atoms with Crippen molar-refractivity contribution in [2.24, 2.45) is 0 Å². The third-order valence-electron chi connectivity index (χ3n) is 4.94. The number of ketones is 1. The van der Waals surface area contributed by atoms with Crippen molar-refractivity contribution in [1.82, 2.24) is 0 Å². The van der Waals surface area contributed by atoms with E-state index in [9.17, 15) is 4.79 Å². The highest BCUT2D eigenvalue weighted by molar-refractivity contribution is 6.09. The summed E-state index contributed by atoms with van der Waals surface area (Å²) < 4.78 is 11.6. The second-order valence-electron chi connectivity index (χ2n) is 7.52. The number of allylic oxidation sites excluding steroid dienone is 1. The Labute approximate surface area is 189 Å². The molecule has 0 aliphatic heterocycles. The third-order valence-corrected chi connectivity index (χ3v) is 4.94. The number of hydrogen-bond donors (Lipinski definition) is 2. The van der Waals surface area contributed by atoms with Gasteiger partial charge in [-0.05, 0) is 55.5 Å². The van der Waals surface area contributed by atoms with Crippen LogP contribution in [0.1, 0.15) is 41.6 Å². The van der Waals surface area contributed by atoms with Crippen LogP contribution in [0.5, 0.6) is 5.75 Å². The molecule has 0 amide bonds. The molecule has 5 nitrogen and oxygen atoms in total. The molecule has 0 aliphatic rings. The van der Waals surface area contributed by atoms with E-state index < -0.39 is 0 Å². The van der Waals surface area contributed by atoms with Gasteiger partial charge in [-0.1, -0.05) is 60.7 Å². The van der Waals surface area contributed by atoms with E-state index in [1.165, 1.54) is 0 Å². The third kappa shape index (κ3) is 7.20. The summed E-state index contributed by atoms with van der Waals surface area (Å²) in [5, 5.41) is 0. The molecule has 3 aromatic carbocycles. The van der Waals surface area contributed by atoms with Gasteiger partial charge in [0.05, 0.1) is 18.9 Å². The second kappa shape index (κ2) is 12.2. The molecule has 5 heteroatoms. The Balaban J connectivity index is 1.44. The monoisotopic (exact) mass is 430 g/mol. The van der Waals surface area contributed by atoms with Crippen LogP contribution in [0.3, 0.4) is 0 Å². The predicted molar refractivity (Wildman–Crippen MR) is 130 cm³/mol. The van der Waals surface area contributed by atoms with Gasteiger partial charge in [0.25, 0.3) is 0 Å². The van der Waals surface area contributed by atoms with Crippen LogP contribution in [0.25, 0.3) is 6.08 Å². The van der Waals surface area contributed by atoms with Crippen LogP contribution in [0.2, 0.25) is 0 Å². The van der Waals surface area contributed by atoms with Crippen LogP contribution in [0.4, 0.5) is 11.4 Å². The molecule has 0 aliphatic carbocycles. The predicted octanol–water partition coefficient (Wildman–Crippen LogP) is 5.73. The van der Waals surface area contributed by atoms with Gasteiger partial charge in [0.15, 0.2) is 5.76 Å². The fourth-order valence-electron chi connectivity index (χ4n) is 3.23. The summed E-state index contributed by atoms with van der Waals surface area (Å²) in [5.41, 5.74) is 14.3. The maximum Gasteiger partial charge on any atom is 0.227 e. The van der Waals surface area contributed by atoms with Crippen molar-refractivity contribution in [2.45, 2.75) is 25.7 Å². The number of hydrogen-bond acceptors (Lipinski definition) is 5. The largest absolute Gasteiger partial charge is 0.491 e. The molecule has 3 aromatic rings. The number of anilines is 2. The summed E-state index contributed by atoms with van der Waals surface area (Å²) in [4.78, 5) is 12.9. The summed E-state index contributed by atoms with van der Waals surface area (Å²) >= 11 is 0. The first-order chi connectivity index (χ1) is 15.6. The molecule has 0 aromatic heterocycles. The number of nitrogens with two attached hydrogens (primary N) is 2. The number of ether oxygens (including phenoxy) is 2. The minimum atomic E-state index is -0.107. The molecule has 0 saturated heterocycles. The van der Waals surface area contributed by atoms with Crippen molar-refractivity contribution < 1.29 is 14.3 Å². The normalized spacial score (nSPS) is 11.2. The molecule has 0 radical (unpaired) electrons. The molecule has 0 atom stereocenters. The van der Waals surface area contributed by atoms with Crippen LogP contribution in [-0.2, 0) is 4.74 Å². The average Bonchev–Trinajstić information content (AvgIpc) is 2.82. The van der Waals surface area contributed by atoms with Crippen molar-refractivity contribution >= 4 is 23.2 Å². The summed E-state index contributed by atoms with van der Waals surface area (Å²) in [5.74, 6) is 0.922. The molecular weight excluding hydrogens is 400 g/mol. The number of carbonyl (C=O) groups is 1. The van der Waals surface area contributed by atoms with Gasteiger partial charge in [-0.3, -0.25) is 4.79 Å². The molecule has 0 heterocycles. The summed E-state index contributed by atoms with van der Waals surface area (Å²) in [6, 6.07) is 24.2. The van der Waals surface area contributed by atoms with Crippen molar-refractivity contribution in [2.75, 3.05) is 24.7 Å². The molecular formula is C27H30N2O3. The number of Topliss-reactive ketones (excluding diaryl/α,β-unsaturated/α-hetero) is 1. The number of nitrogen functional groups attached to an aromatic ring is 2. The fourth-order valence-corrected chi connectivity index (χ4v) is 3.23. The highest BCUT2D eigenvalue weighted by atomic mass is 16.5. The van der Waals surface area contributed by atoms with Crippen molar-refractivity contribution in [1.29, 1.82) is 0 Å². The van der Waals surface area contributed by atoms with Crippen LogP contribution in [-0.4, -0.2) is 19.0 Å². The van der Waals surface area contributed by atoms with Gasteiger partial charge < -0.3 is 20.9 Å². The number of carbonyl (C=O) groups excluding carboxylic acids is 1. The molecule has 0 unspecified atom stereocenters. The van der Waals surface area contributed by atoms with Gasteiger partial charge in [0.2, 0.25) is 5.78 Å². The lowest BCUT2D eigenvalue weighted by molar-refractivity contribution is 0.0919. The highest BCUT2D eigenvalue weighted by Crippen LogP contribution is 2.23. The van der Waals surface area contributed by atoms with E-state index in [-0.39, 0.29) is 5.78 Å². The van der Waals surface area contributed by atoms with Gasteiger partial charge in [-0.2, -0.15) is 0 Å². The molecule has 0 saturated carbocycles. The van der Waals surface area contributed by atoms with Crippen LogP contribution < -0.4 is 16.2 Å². The standard InChI is InChI=1S/C27H30N2O3/c28-23-15-16-25(24(29)20-23)31-17-9-1-2-10-18-32-26(19-21-11-5-3-6-12-21)27(30)22-13-7-4-8-14-22/h3-8,11-16,19-20H,1-2,9-10,17-18,28-29H2. The van der Waals surface area contributed by atoms with Gasteiger partial charge in [-0.25, -0.2) is 0 Å². The molecule has 0 bridgehead atoms. The first-order valence-electron chi connectivity index (χ1n) is 10.9. The second-order valence-corrected chi connectivity index (χ2v) is 7.52. The van der Waals surface area contributed by atoms with E-state index in [2.05, 4.69) is 0 Å². The zero-order chi connectivity index (χ0) is 22.6. The van der Waals surface area contributed by atoms with E-state index in [1.54, 1.807) is 36.4 Å². The Morgan fingerprint density at radius 2 is 1.44 bits per heavy atom. The first-order valence-corrected chi connectivity index (χ1v) is 10.9. The van der Waals surface area contributed by atoms with E-state index >= 15 is 0 Å². The maximum absolute atomic E-state index is 12.9. The minimum absolute atomic E-state index is 0.107. The topological polar surface area (TPSA) is 87.6 Å². The Bertz CT molecular complexity index is 1020. The summed E-state index contributed by atoms with van der Waals surface area (Å²) in [6.07, 6.45) is 5.57. The van der Waals surface area contributed by atoms with Crippen LogP contribution >= 0.6 is 0 Å². The molecule has 166 valence electrons. The van der Waals surface area contributed by atoms with Crippen LogP contribution in [0.15, 0.2) is 84.6 Å². The molecule has 4 N–H and O–H groups in total. The zero-order valence-corrected chi connectivity index (χ0v) is 18.2. The van der Waals surface area contributed by atoms with Gasteiger partial charge >= 0.3 is 0 Å². The van der Waals surface area contributed by atoms with Crippen molar-refractivity contribution in [3.63, 3.8) is 0 Å². The van der Waals surface area contributed by atoms with Gasteiger partial charge in [-0.15, -0.1) is 0 Å². The van der Waals surface area contributed by atoms with E-state index in [1.807, 2.05) is 48.5 Å². The Hall–Kier alpha value is -3.73. The van der Waals surface area contributed by atoms with E-state index in [0.717, 1.165) is 31.2 Å². The maximum atomic E-state index is 12.9. The lowest BCUT2D eigenvalue weighted by atomic mass is 10.1. The lowest BCUT2D eigenvalue weighted by Gasteiger charge is -2.11. The Morgan fingerprint density at radius 1 is 0.781 bits per heavy atom. The Kier molecular flexibility index (Phi) is 8.75. The van der Waals surface area contributed by atoms with Crippen molar-refractivity contribution in [3.8, 4) is 5.75 Å². The average molecular weight is 431 g/mol. The highest BCUT2D eigenvalue weighted by Gasteiger charge is 2.13. The number of benzene rings is 3. The van der Waals surface area contributed by atoms with E-state index in [0.29, 0.717) is 41.7 Å². The minimum Gasteiger partial charge on any atom is -0.491 e. The lowest BCUT2D eigenvalue weighted by Crippen LogP contribution is -2.08. The van der Waals surface area contributed by atoms with Gasteiger partial charge in [0.1, 0.15) is 5.75 Å². The SMILES string of the molecule is Nc1ccc(OCCCCCCOC(=Cc2ccccc2)C(=O)c2ccccc2)c(N)c1. The molecule has 0 spiro atoms. The van der Waals surface area contributed by atoms with Gasteiger partial charge in [0, 0.05) is 11.3 Å². The fraction of sp³-hybridized carbons (Fsp3) is 0.222. The zero-order valence-electron chi connectivity index (χ0n) is 18.2. The smallest absolute Gasteiger partial charge is 0.227 e. The number of rotatable bonds is 12. The summed E-state index contributed by atoms with van der Waals surface area (Å²) in [6.45, 7) is 1.09. The quantitative estimate of drug-likeness (QED) is 0.126. The van der Waals surface area contributed by atoms with E-state index in [4.69, 9.17) is 20.9 Å². The first kappa shape index (κ1) is 22.9. The Morgan fingerprint density at radius 3 is 2.12 bits per heavy atom. The van der Waals surface area contributed by atoms with Crippen molar-refractivity contribution in [3.05, 3.63) is 95.7 Å². The summed E-state index contributed by atoms with van der Waals surface area (Å²) in [7, 11) is 0. The number of unbranched alkanes of at least 4 members (excludes halogenated alkanes) is 3.